The van der Waals surface area contributed by atoms with Gasteiger partial charge in [0.15, 0.2) is 0 Å². The molecule has 1 saturated heterocycles. The Bertz CT molecular complexity index is 761. The van der Waals surface area contributed by atoms with Gasteiger partial charge in [-0.3, -0.25) is 25.2 Å². The van der Waals surface area contributed by atoms with Crippen molar-refractivity contribution in [2.75, 3.05) is 13.1 Å². The van der Waals surface area contributed by atoms with Crippen molar-refractivity contribution in [2.45, 2.75) is 19.8 Å². The van der Waals surface area contributed by atoms with Crippen LogP contribution in [0.1, 0.15) is 37.7 Å². The van der Waals surface area contributed by atoms with Gasteiger partial charge in [0.25, 0.3) is 11.8 Å². The molecular weight excluding hydrogens is 342 g/mol. The fourth-order valence-electron chi connectivity index (χ4n) is 2.75. The Morgan fingerprint density at radius 1 is 1.16 bits per heavy atom. The molecule has 1 aliphatic rings. The van der Waals surface area contributed by atoms with Gasteiger partial charge in [-0.05, 0) is 38.0 Å². The first-order valence-electron chi connectivity index (χ1n) is 8.02. The van der Waals surface area contributed by atoms with Gasteiger partial charge in [-0.2, -0.15) is 0 Å². The molecule has 2 aromatic rings. The molecule has 2 N–H and O–H groups in total. The summed E-state index contributed by atoms with van der Waals surface area (Å²) in [5.41, 5.74) is 5.44. The van der Waals surface area contributed by atoms with Crippen molar-refractivity contribution >= 4 is 29.1 Å². The third kappa shape index (κ3) is 4.08. The molecule has 1 aliphatic heterocycles. The van der Waals surface area contributed by atoms with E-state index < -0.39 is 0 Å². The van der Waals surface area contributed by atoms with Gasteiger partial charge in [0.2, 0.25) is 5.91 Å². The number of hydrogen-bond acceptors (Lipinski definition) is 5. The maximum absolute atomic E-state index is 12.2. The van der Waals surface area contributed by atoms with E-state index in [4.69, 9.17) is 4.42 Å². The summed E-state index contributed by atoms with van der Waals surface area (Å²) in [6.45, 7) is 2.92. The Labute approximate surface area is 149 Å². The third-order valence-electron chi connectivity index (χ3n) is 4.18. The number of nitrogens with one attached hydrogen (secondary N) is 2. The average Bonchev–Trinajstić information content (AvgIpc) is 3.30. The second kappa shape index (κ2) is 7.52. The van der Waals surface area contributed by atoms with Crippen LogP contribution >= 0.6 is 11.3 Å². The largest absolute Gasteiger partial charge is 0.472 e. The molecule has 1 fully saturated rings. The van der Waals surface area contributed by atoms with Crippen LogP contribution in [-0.4, -0.2) is 35.7 Å². The number of nitrogens with zero attached hydrogens (tertiary/aromatic N) is 1. The molecule has 3 heterocycles. The molecule has 3 rings (SSSR count). The molecule has 3 amide bonds. The van der Waals surface area contributed by atoms with Crippen molar-refractivity contribution in [2.24, 2.45) is 5.92 Å². The Morgan fingerprint density at radius 2 is 1.92 bits per heavy atom. The van der Waals surface area contributed by atoms with Gasteiger partial charge in [0.1, 0.15) is 6.26 Å². The molecule has 0 bridgehead atoms. The lowest BCUT2D eigenvalue weighted by Crippen LogP contribution is -2.48. The van der Waals surface area contributed by atoms with E-state index >= 15 is 0 Å². The van der Waals surface area contributed by atoms with Crippen molar-refractivity contribution < 1.29 is 18.8 Å². The highest BCUT2D eigenvalue weighted by Gasteiger charge is 2.28. The first-order chi connectivity index (χ1) is 12.0. The third-order valence-corrected chi connectivity index (χ3v) is 5.18. The fraction of sp³-hybridized carbons (Fsp3) is 0.353. The summed E-state index contributed by atoms with van der Waals surface area (Å²) in [4.78, 5) is 39.7. The Hall–Kier alpha value is -2.61. The van der Waals surface area contributed by atoms with E-state index in [0.717, 1.165) is 4.88 Å². The average molecular weight is 361 g/mol. The zero-order valence-corrected chi connectivity index (χ0v) is 14.6. The zero-order valence-electron chi connectivity index (χ0n) is 13.8. The number of likely N-dealkylation sites (tertiary alicyclic amines) is 1. The van der Waals surface area contributed by atoms with Gasteiger partial charge in [-0.15, -0.1) is 11.3 Å². The molecule has 8 heteroatoms. The number of piperidine rings is 1. The lowest BCUT2D eigenvalue weighted by molar-refractivity contribution is -0.127. The first kappa shape index (κ1) is 17.2. The van der Waals surface area contributed by atoms with Crippen LogP contribution in [0.5, 0.6) is 0 Å². The molecule has 0 radical (unpaired) electrons. The highest BCUT2D eigenvalue weighted by Crippen LogP contribution is 2.19. The number of hydrogen-bond donors (Lipinski definition) is 2. The van der Waals surface area contributed by atoms with E-state index in [9.17, 15) is 14.4 Å². The summed E-state index contributed by atoms with van der Waals surface area (Å²) in [6, 6.07) is 5.21. The fourth-order valence-corrected chi connectivity index (χ4v) is 3.51. The van der Waals surface area contributed by atoms with Crippen LogP contribution in [0.15, 0.2) is 35.1 Å². The molecule has 0 atom stereocenters. The molecular formula is C17H19N3O4S. The number of carbonyl (C=O) groups excluding carboxylic acids is 3. The molecule has 25 heavy (non-hydrogen) atoms. The van der Waals surface area contributed by atoms with Crippen LogP contribution in [0.2, 0.25) is 0 Å². The van der Waals surface area contributed by atoms with Crippen molar-refractivity contribution in [1.29, 1.82) is 0 Å². The summed E-state index contributed by atoms with van der Waals surface area (Å²) in [6.07, 6.45) is 4.00. The lowest BCUT2D eigenvalue weighted by Gasteiger charge is -2.31. The van der Waals surface area contributed by atoms with Gasteiger partial charge in [-0.25, -0.2) is 0 Å². The van der Waals surface area contributed by atoms with Gasteiger partial charge >= 0.3 is 0 Å². The lowest BCUT2D eigenvalue weighted by atomic mass is 9.96. The molecule has 0 aromatic carbocycles. The summed E-state index contributed by atoms with van der Waals surface area (Å²) in [7, 11) is 0. The highest BCUT2D eigenvalue weighted by molar-refractivity contribution is 7.13. The molecule has 0 spiro atoms. The number of carbonyl (C=O) groups is 3. The number of aryl methyl sites for hydroxylation is 1. The number of thiophene rings is 1. The van der Waals surface area contributed by atoms with Gasteiger partial charge in [0, 0.05) is 23.9 Å². The summed E-state index contributed by atoms with van der Waals surface area (Å²) in [5, 5.41) is 0. The van der Waals surface area contributed by atoms with E-state index in [-0.39, 0.29) is 23.6 Å². The Balaban J connectivity index is 1.45. The molecule has 2 aromatic heterocycles. The monoisotopic (exact) mass is 361 g/mol. The van der Waals surface area contributed by atoms with Crippen LogP contribution in [0, 0.1) is 12.8 Å². The van der Waals surface area contributed by atoms with E-state index in [0.29, 0.717) is 36.4 Å². The van der Waals surface area contributed by atoms with Crippen molar-refractivity contribution in [1.82, 2.24) is 15.8 Å². The first-order valence-corrected chi connectivity index (χ1v) is 8.84. The Morgan fingerprint density at radius 3 is 2.52 bits per heavy atom. The van der Waals surface area contributed by atoms with E-state index in [1.807, 2.05) is 13.0 Å². The number of hydrazine groups is 1. The quantitative estimate of drug-likeness (QED) is 0.818. The van der Waals surface area contributed by atoms with Crippen LogP contribution in [0.25, 0.3) is 0 Å². The molecule has 0 unspecified atom stereocenters. The molecule has 7 nitrogen and oxygen atoms in total. The van der Waals surface area contributed by atoms with Gasteiger partial charge in [0.05, 0.1) is 16.7 Å². The van der Waals surface area contributed by atoms with Crippen LogP contribution in [0.4, 0.5) is 0 Å². The minimum Gasteiger partial charge on any atom is -0.472 e. The predicted molar refractivity (Wildman–Crippen MR) is 92.0 cm³/mol. The standard InChI is InChI=1S/C17H19N3O4S/c1-11-2-3-14(25-11)16(22)19-18-15(21)12-4-7-20(8-5-12)17(23)13-6-9-24-10-13/h2-3,6,9-10,12H,4-5,7-8H2,1H3,(H,18,21)(H,19,22). The summed E-state index contributed by atoms with van der Waals surface area (Å²) < 4.78 is 4.93. The van der Waals surface area contributed by atoms with Crippen molar-refractivity contribution in [3.05, 3.63) is 46.0 Å². The minimum atomic E-state index is -0.320. The van der Waals surface area contributed by atoms with E-state index in [1.165, 1.54) is 23.9 Å². The molecule has 132 valence electrons. The SMILES string of the molecule is Cc1ccc(C(=O)NNC(=O)C2CCN(C(=O)c3ccoc3)CC2)s1. The van der Waals surface area contributed by atoms with Gasteiger partial charge in [-0.1, -0.05) is 0 Å². The smallest absolute Gasteiger partial charge is 0.279 e. The molecule has 0 saturated carbocycles. The minimum absolute atomic E-state index is 0.0889. The normalized spacial score (nSPS) is 15.0. The van der Waals surface area contributed by atoms with Crippen LogP contribution < -0.4 is 10.9 Å². The number of amides is 3. The number of rotatable bonds is 3. The maximum atomic E-state index is 12.2. The van der Waals surface area contributed by atoms with Crippen molar-refractivity contribution in [3.63, 3.8) is 0 Å². The van der Waals surface area contributed by atoms with Gasteiger partial charge < -0.3 is 9.32 Å². The summed E-state index contributed by atoms with van der Waals surface area (Å²) in [5.74, 6) is -0.858. The van der Waals surface area contributed by atoms with E-state index in [2.05, 4.69) is 10.9 Å². The highest BCUT2D eigenvalue weighted by atomic mass is 32.1. The van der Waals surface area contributed by atoms with Crippen LogP contribution in [-0.2, 0) is 4.79 Å². The summed E-state index contributed by atoms with van der Waals surface area (Å²) >= 11 is 1.37. The second-order valence-electron chi connectivity index (χ2n) is 5.93. The zero-order chi connectivity index (χ0) is 17.8. The second-order valence-corrected chi connectivity index (χ2v) is 7.22. The Kier molecular flexibility index (Phi) is 5.18. The topological polar surface area (TPSA) is 91.7 Å². The van der Waals surface area contributed by atoms with E-state index in [1.54, 1.807) is 17.0 Å². The predicted octanol–water partition coefficient (Wildman–Crippen LogP) is 1.96. The maximum Gasteiger partial charge on any atom is 0.279 e. The van der Waals surface area contributed by atoms with Crippen LogP contribution in [0.3, 0.4) is 0 Å². The van der Waals surface area contributed by atoms with Crippen molar-refractivity contribution in [3.8, 4) is 0 Å². The molecule has 0 aliphatic carbocycles. The number of furan rings is 1.